The maximum Gasteiger partial charge on any atom is 0.218 e. The van der Waals surface area contributed by atoms with E-state index in [1.165, 1.54) is 0 Å². The molecule has 3 nitrogen and oxygen atoms in total. The van der Waals surface area contributed by atoms with Crippen molar-refractivity contribution in [2.75, 3.05) is 6.54 Å². The van der Waals surface area contributed by atoms with Crippen molar-refractivity contribution in [3.05, 3.63) is 34.9 Å². The van der Waals surface area contributed by atoms with Gasteiger partial charge in [0.1, 0.15) is 0 Å². The van der Waals surface area contributed by atoms with E-state index in [9.17, 15) is 8.42 Å². The van der Waals surface area contributed by atoms with Gasteiger partial charge in [-0.25, -0.2) is 8.42 Å². The highest BCUT2D eigenvalue weighted by atomic mass is 35.5. The summed E-state index contributed by atoms with van der Waals surface area (Å²) in [6.45, 7) is 2.61. The van der Waals surface area contributed by atoms with Crippen molar-refractivity contribution in [2.45, 2.75) is 38.0 Å². The molecule has 0 amide bonds. The van der Waals surface area contributed by atoms with Gasteiger partial charge in [-0.2, -0.15) is 4.31 Å². The Bertz CT molecular complexity index is 515. The first-order valence-corrected chi connectivity index (χ1v) is 8.22. The predicted molar refractivity (Wildman–Crippen MR) is 74.1 cm³/mol. The van der Waals surface area contributed by atoms with Crippen LogP contribution >= 0.6 is 11.6 Å². The fourth-order valence-corrected chi connectivity index (χ4v) is 4.53. The molecule has 1 fully saturated rings. The third kappa shape index (κ3) is 3.05. The summed E-state index contributed by atoms with van der Waals surface area (Å²) in [7, 11) is -3.26. The van der Waals surface area contributed by atoms with Crippen LogP contribution in [-0.2, 0) is 15.8 Å². The molecule has 0 aromatic heterocycles. The van der Waals surface area contributed by atoms with Crippen LogP contribution in [0.2, 0.25) is 5.02 Å². The van der Waals surface area contributed by atoms with Gasteiger partial charge in [-0.15, -0.1) is 0 Å². The molecular formula is C13H18ClNO2S. The van der Waals surface area contributed by atoms with Crippen molar-refractivity contribution in [3.63, 3.8) is 0 Å². The van der Waals surface area contributed by atoms with Gasteiger partial charge >= 0.3 is 0 Å². The van der Waals surface area contributed by atoms with E-state index < -0.39 is 10.0 Å². The van der Waals surface area contributed by atoms with Gasteiger partial charge in [0.25, 0.3) is 0 Å². The van der Waals surface area contributed by atoms with Crippen LogP contribution in [0.5, 0.6) is 0 Å². The molecule has 2 rings (SSSR count). The Balaban J connectivity index is 2.19. The summed E-state index contributed by atoms with van der Waals surface area (Å²) in [5.41, 5.74) is 0.678. The SMILES string of the molecule is C[C@H]1CCCCN1S(=O)(=O)Cc1ccccc1Cl. The zero-order chi connectivity index (χ0) is 13.2. The minimum absolute atomic E-state index is 0.00296. The summed E-state index contributed by atoms with van der Waals surface area (Å²) in [5, 5.41) is 0.519. The largest absolute Gasteiger partial charge is 0.218 e. The summed E-state index contributed by atoms with van der Waals surface area (Å²) in [6.07, 6.45) is 3.01. The number of sulfonamides is 1. The molecule has 0 saturated carbocycles. The van der Waals surface area contributed by atoms with Gasteiger partial charge in [0.15, 0.2) is 0 Å². The van der Waals surface area contributed by atoms with E-state index in [1.807, 2.05) is 19.1 Å². The topological polar surface area (TPSA) is 37.4 Å². The molecule has 1 atom stereocenters. The number of piperidine rings is 1. The van der Waals surface area contributed by atoms with E-state index in [4.69, 9.17) is 11.6 Å². The van der Waals surface area contributed by atoms with Gasteiger partial charge in [-0.3, -0.25) is 0 Å². The Morgan fingerprint density at radius 1 is 1.33 bits per heavy atom. The second-order valence-electron chi connectivity index (χ2n) is 4.80. The first kappa shape index (κ1) is 13.8. The first-order chi connectivity index (χ1) is 8.50. The van der Waals surface area contributed by atoms with Gasteiger partial charge in [0.05, 0.1) is 5.75 Å². The van der Waals surface area contributed by atoms with E-state index in [0.717, 1.165) is 19.3 Å². The molecule has 0 spiro atoms. The van der Waals surface area contributed by atoms with Gasteiger partial charge in [0.2, 0.25) is 10.0 Å². The second kappa shape index (κ2) is 5.59. The molecule has 5 heteroatoms. The molecule has 100 valence electrons. The lowest BCUT2D eigenvalue weighted by Crippen LogP contribution is -2.42. The summed E-state index contributed by atoms with van der Waals surface area (Å²) in [5.74, 6) is -0.00296. The van der Waals surface area contributed by atoms with Crippen LogP contribution in [0.1, 0.15) is 31.7 Å². The third-order valence-electron chi connectivity index (χ3n) is 3.40. The highest BCUT2D eigenvalue weighted by Crippen LogP contribution is 2.24. The second-order valence-corrected chi connectivity index (χ2v) is 7.13. The number of hydrogen-bond donors (Lipinski definition) is 0. The fraction of sp³-hybridized carbons (Fsp3) is 0.538. The summed E-state index contributed by atoms with van der Waals surface area (Å²) in [4.78, 5) is 0. The molecular weight excluding hydrogens is 270 g/mol. The minimum Gasteiger partial charge on any atom is -0.212 e. The van der Waals surface area contributed by atoms with E-state index in [1.54, 1.807) is 16.4 Å². The highest BCUT2D eigenvalue weighted by Gasteiger charge is 2.29. The van der Waals surface area contributed by atoms with Gasteiger partial charge < -0.3 is 0 Å². The molecule has 18 heavy (non-hydrogen) atoms. The number of benzene rings is 1. The number of rotatable bonds is 3. The van der Waals surface area contributed by atoms with Crippen LogP contribution < -0.4 is 0 Å². The molecule has 1 aromatic carbocycles. The van der Waals surface area contributed by atoms with Crippen LogP contribution in [0.4, 0.5) is 0 Å². The van der Waals surface area contributed by atoms with Crippen LogP contribution in [0.25, 0.3) is 0 Å². The van der Waals surface area contributed by atoms with E-state index in [-0.39, 0.29) is 11.8 Å². The van der Waals surface area contributed by atoms with Crippen LogP contribution in [0.15, 0.2) is 24.3 Å². The molecule has 0 N–H and O–H groups in total. The highest BCUT2D eigenvalue weighted by molar-refractivity contribution is 7.88. The standard InChI is InChI=1S/C13H18ClNO2S/c1-11-6-4-5-9-15(11)18(16,17)10-12-7-2-3-8-13(12)14/h2-3,7-8,11H,4-6,9-10H2,1H3/t11-/m0/s1. The first-order valence-electron chi connectivity index (χ1n) is 6.23. The van der Waals surface area contributed by atoms with Gasteiger partial charge in [-0.1, -0.05) is 36.2 Å². The van der Waals surface area contributed by atoms with Crippen molar-refractivity contribution in [1.29, 1.82) is 0 Å². The smallest absolute Gasteiger partial charge is 0.212 e. The van der Waals surface area contributed by atoms with Crippen molar-refractivity contribution in [2.24, 2.45) is 0 Å². The quantitative estimate of drug-likeness (QED) is 0.857. The van der Waals surface area contributed by atoms with Crippen molar-refractivity contribution in [1.82, 2.24) is 4.31 Å². The minimum atomic E-state index is -3.26. The molecule has 0 unspecified atom stereocenters. The number of nitrogens with zero attached hydrogens (tertiary/aromatic N) is 1. The Labute approximate surface area is 114 Å². The van der Waals surface area contributed by atoms with E-state index >= 15 is 0 Å². The third-order valence-corrected chi connectivity index (χ3v) is 5.70. The molecule has 1 saturated heterocycles. The zero-order valence-corrected chi connectivity index (χ0v) is 12.0. The van der Waals surface area contributed by atoms with Crippen LogP contribution in [0.3, 0.4) is 0 Å². The van der Waals surface area contributed by atoms with E-state index in [2.05, 4.69) is 0 Å². The average Bonchev–Trinajstić information content (AvgIpc) is 2.32. The number of hydrogen-bond acceptors (Lipinski definition) is 2. The maximum absolute atomic E-state index is 12.4. The molecule has 0 bridgehead atoms. The summed E-state index contributed by atoms with van der Waals surface area (Å²) < 4.78 is 26.4. The van der Waals surface area contributed by atoms with Crippen molar-refractivity contribution >= 4 is 21.6 Å². The Hall–Kier alpha value is -0.580. The van der Waals surface area contributed by atoms with Crippen molar-refractivity contribution in [3.8, 4) is 0 Å². The summed E-state index contributed by atoms with van der Waals surface area (Å²) in [6, 6.07) is 7.23. The molecule has 0 radical (unpaired) electrons. The Morgan fingerprint density at radius 3 is 2.72 bits per heavy atom. The molecule has 1 aliphatic rings. The zero-order valence-electron chi connectivity index (χ0n) is 10.5. The Morgan fingerprint density at radius 2 is 2.06 bits per heavy atom. The lowest BCUT2D eigenvalue weighted by atomic mass is 10.1. The molecule has 1 aliphatic heterocycles. The normalized spacial score (nSPS) is 22.0. The lowest BCUT2D eigenvalue weighted by molar-refractivity contribution is 0.268. The van der Waals surface area contributed by atoms with Crippen LogP contribution in [-0.4, -0.2) is 25.3 Å². The van der Waals surface area contributed by atoms with E-state index in [0.29, 0.717) is 17.1 Å². The average molecular weight is 288 g/mol. The van der Waals surface area contributed by atoms with Gasteiger partial charge in [-0.05, 0) is 31.4 Å². The monoisotopic (exact) mass is 287 g/mol. The lowest BCUT2D eigenvalue weighted by Gasteiger charge is -2.32. The fourth-order valence-electron chi connectivity index (χ4n) is 2.38. The maximum atomic E-state index is 12.4. The van der Waals surface area contributed by atoms with Crippen molar-refractivity contribution < 1.29 is 8.42 Å². The Kier molecular flexibility index (Phi) is 4.30. The molecule has 0 aliphatic carbocycles. The summed E-state index contributed by atoms with van der Waals surface area (Å²) >= 11 is 6.02. The van der Waals surface area contributed by atoms with Crippen LogP contribution in [0, 0.1) is 0 Å². The predicted octanol–water partition coefficient (Wildman–Crippen LogP) is 3.04. The molecule has 1 heterocycles. The van der Waals surface area contributed by atoms with Gasteiger partial charge in [0, 0.05) is 17.6 Å². The molecule has 1 aromatic rings. The number of halogens is 1.